The summed E-state index contributed by atoms with van der Waals surface area (Å²) in [7, 11) is -3.76. The number of rotatable bonds is 4. The molecule has 1 N–H and O–H groups in total. The Hall–Kier alpha value is -0.910. The van der Waals surface area contributed by atoms with Crippen molar-refractivity contribution in [1.29, 1.82) is 0 Å². The minimum absolute atomic E-state index is 0.142. The van der Waals surface area contributed by atoms with Crippen LogP contribution < -0.4 is 0 Å². The molecule has 0 amide bonds. The Labute approximate surface area is 139 Å². The van der Waals surface area contributed by atoms with Gasteiger partial charge in [0.1, 0.15) is 0 Å². The van der Waals surface area contributed by atoms with Crippen molar-refractivity contribution >= 4 is 10.1 Å². The number of hydrogen-bond donors (Lipinski definition) is 1. The lowest BCUT2D eigenvalue weighted by molar-refractivity contribution is 0.00884. The van der Waals surface area contributed by atoms with E-state index in [9.17, 15) is 13.5 Å². The van der Waals surface area contributed by atoms with Crippen LogP contribution in [0.5, 0.6) is 0 Å². The molecule has 1 aromatic carbocycles. The summed E-state index contributed by atoms with van der Waals surface area (Å²) >= 11 is 0. The van der Waals surface area contributed by atoms with E-state index in [2.05, 4.69) is 20.8 Å². The smallest absolute Gasteiger partial charge is 0.296 e. The van der Waals surface area contributed by atoms with Gasteiger partial charge in [0.15, 0.2) is 0 Å². The zero-order chi connectivity index (χ0) is 17.1. The molecule has 5 heteroatoms. The second-order valence-electron chi connectivity index (χ2n) is 8.07. The molecule has 3 atom stereocenters. The molecule has 2 aliphatic carbocycles. The van der Waals surface area contributed by atoms with Crippen molar-refractivity contribution in [3.8, 4) is 0 Å². The van der Waals surface area contributed by atoms with E-state index in [-0.39, 0.29) is 27.7 Å². The molecule has 2 aliphatic rings. The van der Waals surface area contributed by atoms with Gasteiger partial charge in [-0.2, -0.15) is 8.42 Å². The average Bonchev–Trinajstić information content (AvgIpc) is 2.76. The summed E-state index contributed by atoms with van der Waals surface area (Å²) < 4.78 is 30.4. The summed E-state index contributed by atoms with van der Waals surface area (Å²) in [5.74, 6) is 0. The highest BCUT2D eigenvalue weighted by atomic mass is 32.2. The molecule has 128 valence electrons. The van der Waals surface area contributed by atoms with E-state index < -0.39 is 16.2 Å². The van der Waals surface area contributed by atoms with Gasteiger partial charge in [-0.1, -0.05) is 38.5 Å². The zero-order valence-corrected chi connectivity index (χ0v) is 15.1. The minimum atomic E-state index is -3.76. The Balaban J connectivity index is 1.82. The summed E-state index contributed by atoms with van der Waals surface area (Å²) in [5.41, 5.74) is 0.416. The Morgan fingerprint density at radius 2 is 1.78 bits per heavy atom. The van der Waals surface area contributed by atoms with Crippen molar-refractivity contribution < 1.29 is 17.7 Å². The lowest BCUT2D eigenvalue weighted by Crippen LogP contribution is -2.39. The lowest BCUT2D eigenvalue weighted by atomic mass is 9.65. The fraction of sp³-hybridized carbons (Fsp3) is 0.667. The van der Waals surface area contributed by atoms with Crippen molar-refractivity contribution in [3.63, 3.8) is 0 Å². The van der Waals surface area contributed by atoms with Crippen molar-refractivity contribution in [2.24, 2.45) is 16.2 Å². The van der Waals surface area contributed by atoms with Gasteiger partial charge in [-0.15, -0.1) is 0 Å². The van der Waals surface area contributed by atoms with E-state index in [4.69, 9.17) is 4.18 Å². The first kappa shape index (κ1) is 16.9. The first-order valence-corrected chi connectivity index (χ1v) is 9.59. The highest BCUT2D eigenvalue weighted by Gasteiger charge is 2.69. The monoisotopic (exact) mass is 338 g/mol. The van der Waals surface area contributed by atoms with Crippen LogP contribution in [0.15, 0.2) is 29.2 Å². The van der Waals surface area contributed by atoms with Gasteiger partial charge in [0, 0.05) is 5.41 Å². The Bertz CT molecular complexity index is 707. The number of fused-ring (bicyclic) bond motifs is 2. The van der Waals surface area contributed by atoms with Crippen molar-refractivity contribution in [1.82, 2.24) is 0 Å². The van der Waals surface area contributed by atoms with Gasteiger partial charge >= 0.3 is 0 Å². The third-order valence-electron chi connectivity index (χ3n) is 7.00. The van der Waals surface area contributed by atoms with E-state index in [0.29, 0.717) is 6.42 Å². The van der Waals surface area contributed by atoms with E-state index in [0.717, 1.165) is 18.4 Å². The summed E-state index contributed by atoms with van der Waals surface area (Å²) in [6.45, 7) is 8.44. The molecule has 0 aromatic heterocycles. The zero-order valence-electron chi connectivity index (χ0n) is 14.3. The van der Waals surface area contributed by atoms with E-state index in [1.165, 1.54) is 0 Å². The van der Waals surface area contributed by atoms with Gasteiger partial charge in [0.2, 0.25) is 0 Å². The number of aliphatic hydroxyl groups is 1. The molecular weight excluding hydrogens is 312 g/mol. The van der Waals surface area contributed by atoms with Crippen molar-refractivity contribution in [3.05, 3.63) is 29.8 Å². The van der Waals surface area contributed by atoms with Crippen LogP contribution in [0.1, 0.15) is 45.6 Å². The van der Waals surface area contributed by atoms with Gasteiger partial charge in [-0.05, 0) is 49.1 Å². The second-order valence-corrected chi connectivity index (χ2v) is 9.69. The van der Waals surface area contributed by atoms with Crippen molar-refractivity contribution in [2.75, 3.05) is 6.61 Å². The van der Waals surface area contributed by atoms with Crippen LogP contribution in [0, 0.1) is 23.2 Å². The Morgan fingerprint density at radius 1 is 1.17 bits per heavy atom. The van der Waals surface area contributed by atoms with E-state index >= 15 is 0 Å². The number of aliphatic hydroxyl groups excluding tert-OH is 1. The van der Waals surface area contributed by atoms with Crippen LogP contribution in [0.3, 0.4) is 0 Å². The summed E-state index contributed by atoms with van der Waals surface area (Å²) in [6.07, 6.45) is 2.03. The SMILES string of the molecule is Cc1ccc(S(=O)(=O)OC[C@@]23CC[C@@](C)([C@@H](O)C2)C3(C)C)cc1. The number of aryl methyl sites for hydroxylation is 1. The molecule has 1 aromatic rings. The molecule has 2 bridgehead atoms. The molecular formula is C18H26O4S. The molecule has 0 saturated heterocycles. The number of benzene rings is 1. The molecule has 0 heterocycles. The predicted molar refractivity (Wildman–Crippen MR) is 88.5 cm³/mol. The van der Waals surface area contributed by atoms with Crippen LogP contribution in [0.4, 0.5) is 0 Å². The molecule has 2 fully saturated rings. The highest BCUT2D eigenvalue weighted by Crippen LogP contribution is 2.72. The quantitative estimate of drug-likeness (QED) is 0.856. The van der Waals surface area contributed by atoms with E-state index in [1.54, 1.807) is 24.3 Å². The molecule has 0 unspecified atom stereocenters. The Morgan fingerprint density at radius 3 is 2.26 bits per heavy atom. The highest BCUT2D eigenvalue weighted by molar-refractivity contribution is 7.86. The average molecular weight is 338 g/mol. The van der Waals surface area contributed by atoms with Crippen LogP contribution in [0.2, 0.25) is 0 Å². The summed E-state index contributed by atoms with van der Waals surface area (Å²) in [4.78, 5) is 0.191. The first-order chi connectivity index (χ1) is 10.5. The largest absolute Gasteiger partial charge is 0.393 e. The normalized spacial score (nSPS) is 35.6. The van der Waals surface area contributed by atoms with Gasteiger partial charge < -0.3 is 5.11 Å². The molecule has 0 spiro atoms. The fourth-order valence-electron chi connectivity index (χ4n) is 4.54. The fourth-order valence-corrected chi connectivity index (χ4v) is 5.53. The van der Waals surface area contributed by atoms with Crippen LogP contribution in [0.25, 0.3) is 0 Å². The van der Waals surface area contributed by atoms with Gasteiger partial charge in [0.05, 0.1) is 17.6 Å². The maximum Gasteiger partial charge on any atom is 0.296 e. The molecule has 4 nitrogen and oxygen atoms in total. The van der Waals surface area contributed by atoms with Crippen LogP contribution in [-0.2, 0) is 14.3 Å². The molecule has 0 radical (unpaired) electrons. The predicted octanol–water partition coefficient (Wildman–Crippen LogP) is 3.28. The molecule has 23 heavy (non-hydrogen) atoms. The topological polar surface area (TPSA) is 63.6 Å². The number of hydrogen-bond acceptors (Lipinski definition) is 4. The molecule has 3 rings (SSSR count). The van der Waals surface area contributed by atoms with Gasteiger partial charge in [-0.25, -0.2) is 0 Å². The third kappa shape index (κ3) is 2.28. The second kappa shape index (κ2) is 5.04. The molecule has 2 saturated carbocycles. The third-order valence-corrected chi connectivity index (χ3v) is 8.27. The lowest BCUT2D eigenvalue weighted by Gasteiger charge is -2.40. The first-order valence-electron chi connectivity index (χ1n) is 8.18. The van der Waals surface area contributed by atoms with Crippen molar-refractivity contribution in [2.45, 2.75) is 58.0 Å². The maximum atomic E-state index is 12.5. The maximum absolute atomic E-state index is 12.5. The molecule has 0 aliphatic heterocycles. The van der Waals surface area contributed by atoms with Gasteiger partial charge in [-0.3, -0.25) is 4.18 Å². The Kier molecular flexibility index (Phi) is 3.71. The van der Waals surface area contributed by atoms with Crippen LogP contribution in [-0.4, -0.2) is 26.2 Å². The standard InChI is InChI=1S/C18H26O4S/c1-13-5-7-14(8-6-13)23(20,21)22-12-18-10-9-17(4,15(19)11-18)16(18,2)3/h5-8,15,19H,9-12H2,1-4H3/t15-,17-,18+/m0/s1. The van der Waals surface area contributed by atoms with Crippen LogP contribution >= 0.6 is 0 Å². The van der Waals surface area contributed by atoms with E-state index in [1.807, 2.05) is 6.92 Å². The van der Waals surface area contributed by atoms with Gasteiger partial charge in [0.25, 0.3) is 10.1 Å². The summed E-state index contributed by atoms with van der Waals surface area (Å²) in [5, 5.41) is 10.5. The summed E-state index contributed by atoms with van der Waals surface area (Å²) in [6, 6.07) is 6.69. The minimum Gasteiger partial charge on any atom is -0.393 e.